The van der Waals surface area contributed by atoms with Crippen molar-refractivity contribution in [3.63, 3.8) is 0 Å². The molecule has 1 nitrogen and oxygen atoms in total. The zero-order chi connectivity index (χ0) is 7.98. The summed E-state index contributed by atoms with van der Waals surface area (Å²) in [7, 11) is 0. The van der Waals surface area contributed by atoms with Crippen molar-refractivity contribution in [1.82, 2.24) is 0 Å². The highest BCUT2D eigenvalue weighted by atomic mass is 16.1. The van der Waals surface area contributed by atoms with Crippen molar-refractivity contribution in [3.05, 3.63) is 0 Å². The summed E-state index contributed by atoms with van der Waals surface area (Å²) < 4.78 is 0. The van der Waals surface area contributed by atoms with Crippen molar-refractivity contribution in [2.45, 2.75) is 46.5 Å². The predicted molar refractivity (Wildman–Crippen MR) is 44.0 cm³/mol. The summed E-state index contributed by atoms with van der Waals surface area (Å²) in [5, 5.41) is 0. The van der Waals surface area contributed by atoms with Crippen LogP contribution in [0.5, 0.6) is 0 Å². The average Bonchev–Trinajstić information content (AvgIpc) is 1.99. The van der Waals surface area contributed by atoms with Gasteiger partial charge >= 0.3 is 0 Å². The zero-order valence-electron chi connectivity index (χ0n) is 7.31. The zero-order valence-corrected chi connectivity index (χ0v) is 7.31. The van der Waals surface area contributed by atoms with Crippen molar-refractivity contribution in [1.29, 1.82) is 0 Å². The third-order valence-corrected chi connectivity index (χ3v) is 2.01. The van der Waals surface area contributed by atoms with Crippen LogP contribution in [0.25, 0.3) is 0 Å². The van der Waals surface area contributed by atoms with E-state index in [0.29, 0.717) is 12.2 Å². The first-order valence-electron chi connectivity index (χ1n) is 4.22. The SMILES string of the molecule is CCC(=O)CC[C@H](C)CC. The smallest absolute Gasteiger partial charge is 0.132 e. The maximum Gasteiger partial charge on any atom is 0.132 e. The first kappa shape index (κ1) is 9.67. The second-order valence-corrected chi connectivity index (χ2v) is 2.94. The van der Waals surface area contributed by atoms with Gasteiger partial charge in [-0.15, -0.1) is 0 Å². The highest BCUT2D eigenvalue weighted by Gasteiger charge is 2.02. The number of ketones is 1. The van der Waals surface area contributed by atoms with Crippen LogP contribution in [0.15, 0.2) is 0 Å². The summed E-state index contributed by atoms with van der Waals surface area (Å²) in [5.74, 6) is 1.12. The molecule has 0 unspecified atom stereocenters. The Hall–Kier alpha value is -0.330. The number of rotatable bonds is 5. The number of carbonyl (C=O) groups is 1. The number of hydrogen-bond donors (Lipinski definition) is 0. The summed E-state index contributed by atoms with van der Waals surface area (Å²) in [6.07, 6.45) is 3.75. The molecule has 0 aromatic carbocycles. The van der Waals surface area contributed by atoms with Gasteiger partial charge in [0.25, 0.3) is 0 Å². The fraction of sp³-hybridized carbons (Fsp3) is 0.889. The molecule has 0 aliphatic heterocycles. The first-order valence-corrected chi connectivity index (χ1v) is 4.22. The highest BCUT2D eigenvalue weighted by molar-refractivity contribution is 5.77. The average molecular weight is 142 g/mol. The molecule has 0 N–H and O–H groups in total. The standard InChI is InChI=1S/C9H18O/c1-4-8(3)6-7-9(10)5-2/h8H,4-7H2,1-3H3/t8-/m1/s1. The van der Waals surface area contributed by atoms with E-state index in [1.165, 1.54) is 6.42 Å². The fourth-order valence-electron chi connectivity index (χ4n) is 0.788. The summed E-state index contributed by atoms with van der Waals surface area (Å²) in [5.41, 5.74) is 0. The van der Waals surface area contributed by atoms with E-state index in [1.807, 2.05) is 6.92 Å². The van der Waals surface area contributed by atoms with Crippen LogP contribution in [0.2, 0.25) is 0 Å². The van der Waals surface area contributed by atoms with Crippen molar-refractivity contribution >= 4 is 5.78 Å². The minimum atomic E-state index is 0.403. The lowest BCUT2D eigenvalue weighted by atomic mass is 10.0. The molecule has 0 aliphatic carbocycles. The van der Waals surface area contributed by atoms with Gasteiger partial charge in [0.15, 0.2) is 0 Å². The lowest BCUT2D eigenvalue weighted by Gasteiger charge is -2.05. The van der Waals surface area contributed by atoms with E-state index >= 15 is 0 Å². The predicted octanol–water partition coefficient (Wildman–Crippen LogP) is 2.79. The molecule has 0 aromatic heterocycles. The highest BCUT2D eigenvalue weighted by Crippen LogP contribution is 2.09. The van der Waals surface area contributed by atoms with Gasteiger partial charge in [-0.25, -0.2) is 0 Å². The van der Waals surface area contributed by atoms with Crippen LogP contribution in [-0.4, -0.2) is 5.78 Å². The van der Waals surface area contributed by atoms with Gasteiger partial charge < -0.3 is 0 Å². The second kappa shape index (κ2) is 5.45. The molecule has 0 saturated carbocycles. The van der Waals surface area contributed by atoms with Gasteiger partial charge in [-0.1, -0.05) is 27.2 Å². The fourth-order valence-corrected chi connectivity index (χ4v) is 0.788. The molecule has 1 atom stereocenters. The van der Waals surface area contributed by atoms with Crippen LogP contribution in [-0.2, 0) is 4.79 Å². The third-order valence-electron chi connectivity index (χ3n) is 2.01. The Morgan fingerprint density at radius 3 is 2.40 bits per heavy atom. The first-order chi connectivity index (χ1) is 4.70. The van der Waals surface area contributed by atoms with Gasteiger partial charge in [0.05, 0.1) is 0 Å². The molecule has 0 fully saturated rings. The van der Waals surface area contributed by atoms with Gasteiger partial charge in [-0.2, -0.15) is 0 Å². The van der Waals surface area contributed by atoms with Crippen LogP contribution >= 0.6 is 0 Å². The molecule has 0 saturated heterocycles. The molecule has 0 rings (SSSR count). The third kappa shape index (κ3) is 4.54. The van der Waals surface area contributed by atoms with Gasteiger partial charge in [0.2, 0.25) is 0 Å². The molecule has 0 heterocycles. The Balaban J connectivity index is 3.26. The summed E-state index contributed by atoms with van der Waals surface area (Å²) in [4.78, 5) is 10.8. The van der Waals surface area contributed by atoms with Gasteiger partial charge in [0, 0.05) is 12.8 Å². The Morgan fingerprint density at radius 1 is 1.40 bits per heavy atom. The van der Waals surface area contributed by atoms with Crippen LogP contribution in [0.4, 0.5) is 0 Å². The minimum absolute atomic E-state index is 0.403. The van der Waals surface area contributed by atoms with Crippen molar-refractivity contribution < 1.29 is 4.79 Å². The number of hydrogen-bond acceptors (Lipinski definition) is 1. The van der Waals surface area contributed by atoms with Crippen molar-refractivity contribution in [2.24, 2.45) is 5.92 Å². The second-order valence-electron chi connectivity index (χ2n) is 2.94. The molecular formula is C9H18O. The number of carbonyl (C=O) groups excluding carboxylic acids is 1. The van der Waals surface area contributed by atoms with Crippen LogP contribution in [0.3, 0.4) is 0 Å². The molecule has 0 aromatic rings. The lowest BCUT2D eigenvalue weighted by molar-refractivity contribution is -0.119. The summed E-state index contributed by atoms with van der Waals surface area (Å²) in [6.45, 7) is 6.29. The van der Waals surface area contributed by atoms with E-state index in [4.69, 9.17) is 0 Å². The summed E-state index contributed by atoms with van der Waals surface area (Å²) >= 11 is 0. The van der Waals surface area contributed by atoms with E-state index < -0.39 is 0 Å². The van der Waals surface area contributed by atoms with E-state index in [9.17, 15) is 4.79 Å². The number of Topliss-reactive ketones (excluding diaryl/α,β-unsaturated/α-hetero) is 1. The van der Waals surface area contributed by atoms with Crippen LogP contribution < -0.4 is 0 Å². The van der Waals surface area contributed by atoms with Crippen LogP contribution in [0, 0.1) is 5.92 Å². The van der Waals surface area contributed by atoms with E-state index in [-0.39, 0.29) is 0 Å². The molecule has 0 amide bonds. The molecule has 0 spiro atoms. The molecule has 60 valence electrons. The minimum Gasteiger partial charge on any atom is -0.300 e. The largest absolute Gasteiger partial charge is 0.300 e. The molecule has 0 bridgehead atoms. The molecular weight excluding hydrogens is 124 g/mol. The lowest BCUT2D eigenvalue weighted by Crippen LogP contribution is -1.99. The van der Waals surface area contributed by atoms with E-state index in [2.05, 4.69) is 13.8 Å². The maximum atomic E-state index is 10.8. The quantitative estimate of drug-likeness (QED) is 0.577. The Labute approximate surface area is 63.8 Å². The topological polar surface area (TPSA) is 17.1 Å². The molecule has 1 heteroatoms. The van der Waals surface area contributed by atoms with Crippen molar-refractivity contribution in [3.8, 4) is 0 Å². The van der Waals surface area contributed by atoms with Gasteiger partial charge in [-0.05, 0) is 12.3 Å². The van der Waals surface area contributed by atoms with E-state index in [0.717, 1.165) is 18.8 Å². The van der Waals surface area contributed by atoms with Crippen LogP contribution in [0.1, 0.15) is 46.5 Å². The normalized spacial score (nSPS) is 13.1. The molecule has 0 radical (unpaired) electrons. The molecule has 0 aliphatic rings. The molecule has 10 heavy (non-hydrogen) atoms. The Kier molecular flexibility index (Phi) is 5.27. The van der Waals surface area contributed by atoms with Crippen molar-refractivity contribution in [2.75, 3.05) is 0 Å². The maximum absolute atomic E-state index is 10.8. The van der Waals surface area contributed by atoms with E-state index in [1.54, 1.807) is 0 Å². The Morgan fingerprint density at radius 2 is 2.00 bits per heavy atom. The monoisotopic (exact) mass is 142 g/mol. The van der Waals surface area contributed by atoms with Gasteiger partial charge in [-0.3, -0.25) is 4.79 Å². The summed E-state index contributed by atoms with van der Waals surface area (Å²) in [6, 6.07) is 0. The van der Waals surface area contributed by atoms with Gasteiger partial charge in [0.1, 0.15) is 5.78 Å². The Bertz CT molecular complexity index is 96.9.